The van der Waals surface area contributed by atoms with Crippen LogP contribution in [0, 0.1) is 0 Å². The summed E-state index contributed by atoms with van der Waals surface area (Å²) in [5.41, 5.74) is -0.935. The van der Waals surface area contributed by atoms with Crippen molar-refractivity contribution in [3.63, 3.8) is 0 Å². The number of carbonyl (C=O) groups is 1. The zero-order valence-corrected chi connectivity index (χ0v) is 17.2. The number of aromatic nitrogens is 1. The van der Waals surface area contributed by atoms with Crippen LogP contribution in [-0.2, 0) is 11.0 Å². The third kappa shape index (κ3) is 3.21. The maximum absolute atomic E-state index is 14.0. The van der Waals surface area contributed by atoms with Crippen LogP contribution < -0.4 is 4.74 Å². The summed E-state index contributed by atoms with van der Waals surface area (Å²) in [6.45, 7) is 0. The molecule has 9 heteroatoms. The summed E-state index contributed by atoms with van der Waals surface area (Å²) >= 11 is 5.82. The van der Waals surface area contributed by atoms with Crippen molar-refractivity contribution in [3.8, 4) is 28.9 Å². The van der Waals surface area contributed by atoms with E-state index in [0.717, 1.165) is 16.7 Å². The number of benzene rings is 2. The number of ether oxygens (including phenoxy) is 1. The highest BCUT2D eigenvalue weighted by Gasteiger charge is 2.46. The second-order valence-electron chi connectivity index (χ2n) is 8.04. The van der Waals surface area contributed by atoms with Gasteiger partial charge in [0.15, 0.2) is 0 Å². The second-order valence-corrected chi connectivity index (χ2v) is 8.48. The van der Waals surface area contributed by atoms with Gasteiger partial charge in [0.1, 0.15) is 17.3 Å². The molecule has 0 aliphatic heterocycles. The molecule has 5 nitrogen and oxygen atoms in total. The molecule has 1 fully saturated rings. The zero-order valence-electron chi connectivity index (χ0n) is 16.5. The normalized spacial score (nSPS) is 19.8. The average molecular weight is 464 g/mol. The number of fused-ring (bicyclic) bond motifs is 2. The van der Waals surface area contributed by atoms with Gasteiger partial charge in [-0.1, -0.05) is 11.6 Å². The van der Waals surface area contributed by atoms with Crippen molar-refractivity contribution < 1.29 is 32.9 Å². The number of rotatable bonds is 3. The summed E-state index contributed by atoms with van der Waals surface area (Å²) in [7, 11) is 0. The number of alkyl halides is 3. The molecule has 2 N–H and O–H groups in total. The van der Waals surface area contributed by atoms with Crippen molar-refractivity contribution >= 4 is 17.4 Å². The molecule has 2 aromatic carbocycles. The topological polar surface area (TPSA) is 71.7 Å². The van der Waals surface area contributed by atoms with Gasteiger partial charge in [0.2, 0.25) is 11.8 Å². The zero-order chi connectivity index (χ0) is 22.8. The van der Waals surface area contributed by atoms with Crippen LogP contribution in [0.2, 0.25) is 5.02 Å². The molecule has 1 heterocycles. The van der Waals surface area contributed by atoms with Crippen LogP contribution in [0.15, 0.2) is 42.5 Å². The van der Waals surface area contributed by atoms with Crippen LogP contribution in [0.5, 0.6) is 23.3 Å². The molecule has 0 spiro atoms. The standard InChI is InChI=1S/C23H17ClF3NO4/c24-12-2-4-13(5-3-12)32-14-6-8-17(16(10-14)23(25,26)27)28-21(30)19-11-1-7-15(18(29)9-11)20(19)22(28)31/h2-6,8,10-11,15,30-31H,1,7,9H2/t11-,15+/m0/s1. The molecule has 0 radical (unpaired) electrons. The summed E-state index contributed by atoms with van der Waals surface area (Å²) in [5.74, 6) is -1.75. The van der Waals surface area contributed by atoms with Gasteiger partial charge >= 0.3 is 6.18 Å². The van der Waals surface area contributed by atoms with E-state index in [1.165, 1.54) is 18.2 Å². The quantitative estimate of drug-likeness (QED) is 0.479. The molecule has 2 bridgehead atoms. The molecule has 166 valence electrons. The Hall–Kier alpha value is -3.13. The van der Waals surface area contributed by atoms with Crippen molar-refractivity contribution in [2.75, 3.05) is 0 Å². The van der Waals surface area contributed by atoms with Gasteiger partial charge < -0.3 is 14.9 Å². The molecule has 3 aliphatic rings. The molecule has 0 saturated heterocycles. The van der Waals surface area contributed by atoms with E-state index in [1.54, 1.807) is 12.1 Å². The molecule has 32 heavy (non-hydrogen) atoms. The number of Topliss-reactive ketones (excluding diaryl/α,β-unsaturated/α-hetero) is 1. The summed E-state index contributed by atoms with van der Waals surface area (Å²) in [4.78, 5) is 12.3. The lowest BCUT2D eigenvalue weighted by atomic mass is 9.67. The Morgan fingerprint density at radius 2 is 1.62 bits per heavy atom. The van der Waals surface area contributed by atoms with Crippen molar-refractivity contribution in [2.24, 2.45) is 0 Å². The third-order valence-corrected chi connectivity index (χ3v) is 6.41. The molecule has 1 aromatic heterocycles. The van der Waals surface area contributed by atoms with Gasteiger partial charge in [-0.05, 0) is 61.2 Å². The van der Waals surface area contributed by atoms with Gasteiger partial charge in [-0.3, -0.25) is 9.36 Å². The number of hydrogen-bond donors (Lipinski definition) is 2. The van der Waals surface area contributed by atoms with Crippen LogP contribution in [-0.4, -0.2) is 20.6 Å². The van der Waals surface area contributed by atoms with Gasteiger partial charge in [-0.25, -0.2) is 0 Å². The average Bonchev–Trinajstić information content (AvgIpc) is 3.02. The SMILES string of the molecule is O=C1C[C@@H]2CC[C@H]1c1c2c(O)n(-c2ccc(Oc3ccc(Cl)cc3)cc2C(F)(F)F)c1O. The fourth-order valence-electron chi connectivity index (χ4n) is 4.76. The van der Waals surface area contributed by atoms with Gasteiger partial charge in [0.25, 0.3) is 0 Å². The Kier molecular flexibility index (Phi) is 4.67. The van der Waals surface area contributed by atoms with E-state index in [2.05, 4.69) is 0 Å². The van der Waals surface area contributed by atoms with E-state index >= 15 is 0 Å². The lowest BCUT2D eigenvalue weighted by Gasteiger charge is -2.34. The molecular weight excluding hydrogens is 447 g/mol. The predicted molar refractivity (Wildman–Crippen MR) is 110 cm³/mol. The lowest BCUT2D eigenvalue weighted by molar-refractivity contribution is -0.137. The minimum Gasteiger partial charge on any atom is -0.494 e. The fourth-order valence-corrected chi connectivity index (χ4v) is 4.89. The van der Waals surface area contributed by atoms with Crippen LogP contribution in [0.25, 0.3) is 5.69 Å². The second kappa shape index (κ2) is 7.20. The number of halogens is 4. The number of nitrogens with zero attached hydrogens (tertiary/aromatic N) is 1. The first-order chi connectivity index (χ1) is 15.1. The van der Waals surface area contributed by atoms with Gasteiger partial charge in [0.05, 0.1) is 11.3 Å². The molecule has 3 aromatic rings. The minimum absolute atomic E-state index is 0.0658. The lowest BCUT2D eigenvalue weighted by Crippen LogP contribution is -2.28. The van der Waals surface area contributed by atoms with E-state index in [-0.39, 0.29) is 29.4 Å². The first kappa shape index (κ1) is 20.8. The smallest absolute Gasteiger partial charge is 0.418 e. The Morgan fingerprint density at radius 1 is 0.969 bits per heavy atom. The molecule has 0 unspecified atom stereocenters. The molecule has 3 aliphatic carbocycles. The Bertz CT molecular complexity index is 1230. The van der Waals surface area contributed by atoms with E-state index in [1.807, 2.05) is 0 Å². The maximum Gasteiger partial charge on any atom is 0.418 e. The van der Waals surface area contributed by atoms with E-state index < -0.39 is 35.1 Å². The first-order valence-electron chi connectivity index (χ1n) is 9.99. The molecule has 0 amide bonds. The monoisotopic (exact) mass is 463 g/mol. The van der Waals surface area contributed by atoms with Crippen LogP contribution in [0.4, 0.5) is 13.2 Å². The van der Waals surface area contributed by atoms with E-state index in [4.69, 9.17) is 16.3 Å². The number of ketones is 1. The van der Waals surface area contributed by atoms with Crippen molar-refractivity contribution in [2.45, 2.75) is 37.3 Å². The Balaban J connectivity index is 1.63. The number of aromatic hydroxyl groups is 2. The number of hydrogen-bond acceptors (Lipinski definition) is 4. The summed E-state index contributed by atoms with van der Waals surface area (Å²) in [5, 5.41) is 22.1. The summed E-state index contributed by atoms with van der Waals surface area (Å²) in [6.07, 6.45) is -3.43. The summed E-state index contributed by atoms with van der Waals surface area (Å²) in [6, 6.07) is 9.39. The van der Waals surface area contributed by atoms with Crippen molar-refractivity contribution in [1.29, 1.82) is 0 Å². The highest BCUT2D eigenvalue weighted by molar-refractivity contribution is 6.30. The first-order valence-corrected chi connectivity index (χ1v) is 10.4. The molecule has 1 saturated carbocycles. The van der Waals surface area contributed by atoms with Gasteiger partial charge in [-0.15, -0.1) is 0 Å². The highest BCUT2D eigenvalue weighted by Crippen LogP contribution is 2.56. The van der Waals surface area contributed by atoms with E-state index in [9.17, 15) is 28.2 Å². The fraction of sp³-hybridized carbons (Fsp3) is 0.261. The largest absolute Gasteiger partial charge is 0.494 e. The van der Waals surface area contributed by atoms with Crippen molar-refractivity contribution in [3.05, 3.63) is 64.2 Å². The molecule has 2 atom stereocenters. The predicted octanol–water partition coefficient (Wildman–Crippen LogP) is 6.29. The van der Waals surface area contributed by atoms with Gasteiger partial charge in [0, 0.05) is 28.5 Å². The van der Waals surface area contributed by atoms with Gasteiger partial charge in [-0.2, -0.15) is 13.2 Å². The van der Waals surface area contributed by atoms with Crippen LogP contribution in [0.3, 0.4) is 0 Å². The Morgan fingerprint density at radius 3 is 2.28 bits per heavy atom. The number of carbonyl (C=O) groups excluding carboxylic acids is 1. The highest BCUT2D eigenvalue weighted by atomic mass is 35.5. The van der Waals surface area contributed by atoms with Crippen LogP contribution >= 0.6 is 11.6 Å². The minimum atomic E-state index is -4.80. The van der Waals surface area contributed by atoms with E-state index in [0.29, 0.717) is 29.2 Å². The molecule has 6 rings (SSSR count). The Labute approximate surface area is 185 Å². The maximum atomic E-state index is 14.0. The molecular formula is C23H17ClF3NO4. The van der Waals surface area contributed by atoms with Crippen LogP contribution in [0.1, 0.15) is 47.8 Å². The van der Waals surface area contributed by atoms with Crippen molar-refractivity contribution in [1.82, 2.24) is 4.57 Å². The third-order valence-electron chi connectivity index (χ3n) is 6.16. The summed E-state index contributed by atoms with van der Waals surface area (Å²) < 4.78 is 48.2.